The molecular formula is C22H19N3O3. The Morgan fingerprint density at radius 1 is 1.04 bits per heavy atom. The van der Waals surface area contributed by atoms with Crippen molar-refractivity contribution in [3.8, 4) is 0 Å². The molecule has 0 spiro atoms. The quantitative estimate of drug-likeness (QED) is 0.536. The average Bonchev–Trinajstić information content (AvgIpc) is 2.84. The van der Waals surface area contributed by atoms with Gasteiger partial charge in [-0.3, -0.25) is 14.9 Å². The van der Waals surface area contributed by atoms with Crippen LogP contribution in [0.3, 0.4) is 0 Å². The maximum atomic E-state index is 13.2. The fraction of sp³-hybridized carbons (Fsp3) is 0.136. The third-order valence-corrected chi connectivity index (χ3v) is 5.09. The smallest absolute Gasteiger partial charge is 0.271 e. The number of hydrogen-bond donors (Lipinski definition) is 1. The van der Waals surface area contributed by atoms with Gasteiger partial charge in [0, 0.05) is 36.2 Å². The van der Waals surface area contributed by atoms with E-state index in [1.54, 1.807) is 12.1 Å². The van der Waals surface area contributed by atoms with Gasteiger partial charge in [0.15, 0.2) is 0 Å². The number of carbonyl (C=O) groups excluding carboxylic acids is 1. The molecule has 0 radical (unpaired) electrons. The number of nitro benzene ring substituents is 1. The normalized spacial score (nSPS) is 15.2. The number of non-ortho nitro benzene ring substituents is 1. The van der Waals surface area contributed by atoms with Gasteiger partial charge in [0.05, 0.1) is 10.8 Å². The first-order valence-corrected chi connectivity index (χ1v) is 9.00. The van der Waals surface area contributed by atoms with E-state index in [0.717, 1.165) is 22.5 Å². The summed E-state index contributed by atoms with van der Waals surface area (Å²) in [6.07, 6.45) is 0.554. The standard InChI is InChI=1S/C22H19N3O3/c1-24-20-11-4-2-7-15(20)13-19(18-10-3-5-12-21(18)24)22(26)23-16-8-6-9-17(14-16)25(27)28/h2-12,14,19H,13H2,1H3,(H,23,26)/t19-/m0/s1. The minimum atomic E-state index is -0.470. The molecule has 1 N–H and O–H groups in total. The zero-order chi connectivity index (χ0) is 19.7. The van der Waals surface area contributed by atoms with Gasteiger partial charge in [-0.25, -0.2) is 0 Å². The first-order valence-electron chi connectivity index (χ1n) is 9.00. The van der Waals surface area contributed by atoms with Crippen molar-refractivity contribution in [2.45, 2.75) is 12.3 Å². The largest absolute Gasteiger partial charge is 0.344 e. The van der Waals surface area contributed by atoms with Crippen molar-refractivity contribution in [3.05, 3.63) is 94.0 Å². The Balaban J connectivity index is 1.72. The lowest BCUT2D eigenvalue weighted by molar-refractivity contribution is -0.384. The Morgan fingerprint density at radius 3 is 2.54 bits per heavy atom. The van der Waals surface area contributed by atoms with E-state index in [2.05, 4.69) is 10.2 Å². The van der Waals surface area contributed by atoms with Crippen LogP contribution >= 0.6 is 0 Å². The highest BCUT2D eigenvalue weighted by Gasteiger charge is 2.29. The molecule has 1 aliphatic heterocycles. The molecule has 0 saturated heterocycles. The maximum Gasteiger partial charge on any atom is 0.271 e. The lowest BCUT2D eigenvalue weighted by atomic mass is 9.91. The summed E-state index contributed by atoms with van der Waals surface area (Å²) in [6.45, 7) is 0. The number of para-hydroxylation sites is 2. The van der Waals surface area contributed by atoms with Gasteiger partial charge in [-0.2, -0.15) is 0 Å². The van der Waals surface area contributed by atoms with Crippen LogP contribution < -0.4 is 10.2 Å². The zero-order valence-electron chi connectivity index (χ0n) is 15.3. The second kappa shape index (κ2) is 7.15. The van der Waals surface area contributed by atoms with Crippen LogP contribution in [-0.4, -0.2) is 17.9 Å². The predicted octanol–water partition coefficient (Wildman–Crippen LogP) is 4.64. The van der Waals surface area contributed by atoms with E-state index in [1.165, 1.54) is 12.1 Å². The Kier molecular flexibility index (Phi) is 4.53. The monoisotopic (exact) mass is 373 g/mol. The second-order valence-electron chi connectivity index (χ2n) is 6.80. The van der Waals surface area contributed by atoms with Crippen LogP contribution in [0.1, 0.15) is 17.0 Å². The third kappa shape index (κ3) is 3.20. The second-order valence-corrected chi connectivity index (χ2v) is 6.80. The predicted molar refractivity (Wildman–Crippen MR) is 109 cm³/mol. The molecular weight excluding hydrogens is 354 g/mol. The van der Waals surface area contributed by atoms with E-state index in [-0.39, 0.29) is 11.6 Å². The molecule has 1 amide bonds. The molecule has 1 aliphatic rings. The van der Waals surface area contributed by atoms with Gasteiger partial charge in [0.25, 0.3) is 5.69 Å². The molecule has 1 atom stereocenters. The number of nitro groups is 1. The lowest BCUT2D eigenvalue weighted by Crippen LogP contribution is -2.23. The van der Waals surface area contributed by atoms with Crippen molar-refractivity contribution in [3.63, 3.8) is 0 Å². The van der Waals surface area contributed by atoms with E-state index in [4.69, 9.17) is 0 Å². The minimum Gasteiger partial charge on any atom is -0.344 e. The molecule has 0 saturated carbocycles. The highest BCUT2D eigenvalue weighted by Crippen LogP contribution is 2.40. The summed E-state index contributed by atoms with van der Waals surface area (Å²) in [5.41, 5.74) is 4.43. The Hall–Kier alpha value is -3.67. The van der Waals surface area contributed by atoms with E-state index in [0.29, 0.717) is 12.1 Å². The molecule has 1 heterocycles. The number of carbonyl (C=O) groups is 1. The van der Waals surface area contributed by atoms with Crippen LogP contribution in [0.5, 0.6) is 0 Å². The van der Waals surface area contributed by atoms with Crippen LogP contribution in [-0.2, 0) is 11.2 Å². The molecule has 0 unspecified atom stereocenters. The van der Waals surface area contributed by atoms with Gasteiger partial charge in [-0.15, -0.1) is 0 Å². The van der Waals surface area contributed by atoms with E-state index < -0.39 is 10.8 Å². The van der Waals surface area contributed by atoms with E-state index in [1.807, 2.05) is 55.6 Å². The first kappa shape index (κ1) is 17.7. The molecule has 3 aromatic rings. The molecule has 6 heteroatoms. The number of hydrogen-bond acceptors (Lipinski definition) is 4. The molecule has 140 valence electrons. The average molecular weight is 373 g/mol. The molecule has 6 nitrogen and oxygen atoms in total. The minimum absolute atomic E-state index is 0.0517. The molecule has 4 rings (SSSR count). The van der Waals surface area contributed by atoms with Crippen LogP contribution in [0.4, 0.5) is 22.7 Å². The maximum absolute atomic E-state index is 13.2. The van der Waals surface area contributed by atoms with E-state index in [9.17, 15) is 14.9 Å². The lowest BCUT2D eigenvalue weighted by Gasteiger charge is -2.22. The van der Waals surface area contributed by atoms with Crippen molar-refractivity contribution in [2.75, 3.05) is 17.3 Å². The zero-order valence-corrected chi connectivity index (χ0v) is 15.3. The third-order valence-electron chi connectivity index (χ3n) is 5.09. The molecule has 0 aliphatic carbocycles. The number of nitrogens with zero attached hydrogens (tertiary/aromatic N) is 2. The van der Waals surface area contributed by atoms with Crippen LogP contribution in [0.25, 0.3) is 0 Å². The molecule has 0 fully saturated rings. The molecule has 3 aromatic carbocycles. The van der Waals surface area contributed by atoms with Gasteiger partial charge >= 0.3 is 0 Å². The van der Waals surface area contributed by atoms with Crippen molar-refractivity contribution < 1.29 is 9.72 Å². The topological polar surface area (TPSA) is 75.5 Å². The van der Waals surface area contributed by atoms with Gasteiger partial charge in [0.1, 0.15) is 0 Å². The summed E-state index contributed by atoms with van der Waals surface area (Å²) in [5, 5.41) is 13.9. The van der Waals surface area contributed by atoms with Crippen LogP contribution in [0.15, 0.2) is 72.8 Å². The summed E-state index contributed by atoms with van der Waals surface area (Å²) < 4.78 is 0. The number of fused-ring (bicyclic) bond motifs is 2. The fourth-order valence-corrected chi connectivity index (χ4v) is 3.72. The summed E-state index contributed by atoms with van der Waals surface area (Å²) in [5.74, 6) is -0.584. The van der Waals surface area contributed by atoms with Crippen LogP contribution in [0.2, 0.25) is 0 Å². The van der Waals surface area contributed by atoms with Gasteiger partial charge in [-0.05, 0) is 35.7 Å². The van der Waals surface area contributed by atoms with Crippen molar-refractivity contribution in [2.24, 2.45) is 0 Å². The number of rotatable bonds is 3. The summed E-state index contributed by atoms with van der Waals surface area (Å²) in [7, 11) is 2.00. The fourth-order valence-electron chi connectivity index (χ4n) is 3.72. The Bertz CT molecular complexity index is 1060. The number of nitrogens with one attached hydrogen (secondary N) is 1. The molecule has 0 bridgehead atoms. The molecule has 28 heavy (non-hydrogen) atoms. The van der Waals surface area contributed by atoms with Gasteiger partial charge < -0.3 is 10.2 Å². The van der Waals surface area contributed by atoms with Crippen molar-refractivity contribution in [1.82, 2.24) is 0 Å². The SMILES string of the molecule is CN1c2ccccc2C[C@H](C(=O)Nc2cccc([N+](=O)[O-])c2)c2ccccc21. The van der Waals surface area contributed by atoms with E-state index >= 15 is 0 Å². The Morgan fingerprint density at radius 2 is 1.75 bits per heavy atom. The summed E-state index contributed by atoms with van der Waals surface area (Å²) >= 11 is 0. The molecule has 0 aromatic heterocycles. The van der Waals surface area contributed by atoms with Gasteiger partial charge in [-0.1, -0.05) is 42.5 Å². The van der Waals surface area contributed by atoms with Gasteiger partial charge in [0.2, 0.25) is 5.91 Å². The van der Waals surface area contributed by atoms with Crippen molar-refractivity contribution >= 4 is 28.7 Å². The summed E-state index contributed by atoms with van der Waals surface area (Å²) in [4.78, 5) is 25.8. The number of benzene rings is 3. The summed E-state index contributed by atoms with van der Waals surface area (Å²) in [6, 6.07) is 21.9. The highest BCUT2D eigenvalue weighted by atomic mass is 16.6. The highest BCUT2D eigenvalue weighted by molar-refractivity contribution is 5.98. The van der Waals surface area contributed by atoms with Crippen molar-refractivity contribution in [1.29, 1.82) is 0 Å². The Labute approximate surface area is 162 Å². The number of anilines is 3. The first-order chi connectivity index (χ1) is 13.5. The number of amides is 1. The van der Waals surface area contributed by atoms with Crippen LogP contribution in [0, 0.1) is 10.1 Å².